The third-order valence-corrected chi connectivity index (χ3v) is 1.92. The van der Waals surface area contributed by atoms with Crippen molar-refractivity contribution < 1.29 is 9.90 Å². The summed E-state index contributed by atoms with van der Waals surface area (Å²) in [5, 5.41) is 8.39. The molecule has 17 heavy (non-hydrogen) atoms. The maximum absolute atomic E-state index is 10.2. The molecular weight excluding hydrogens is 206 g/mol. The summed E-state index contributed by atoms with van der Waals surface area (Å²) in [5.41, 5.74) is 1.21. The van der Waals surface area contributed by atoms with E-state index < -0.39 is 12.4 Å². The van der Waals surface area contributed by atoms with Gasteiger partial charge in [0.2, 0.25) is 0 Å². The summed E-state index contributed by atoms with van der Waals surface area (Å²) in [6.07, 6.45) is 1.37. The molecule has 1 aromatic carbocycles. The maximum Gasteiger partial charge on any atom is 0.303 e. The fourth-order valence-corrected chi connectivity index (χ4v) is 1.09. The normalized spacial score (nSPS) is 8.71. The average molecular weight is 218 g/mol. The van der Waals surface area contributed by atoms with Crippen molar-refractivity contribution in [3.05, 3.63) is 35.9 Å². The van der Waals surface area contributed by atoms with E-state index >= 15 is 0 Å². The molecule has 7 radical (unpaired) electrons. The number of hydrogen-bond acceptors (Lipinski definition) is 1. The van der Waals surface area contributed by atoms with E-state index in [1.165, 1.54) is 12.6 Å². The number of benzene rings is 1. The Kier molecular flexibility index (Phi) is 9.60. The van der Waals surface area contributed by atoms with Crippen molar-refractivity contribution in [1.82, 2.24) is 0 Å². The molecule has 0 saturated carbocycles. The Morgan fingerprint density at radius 3 is 2.24 bits per heavy atom. The van der Waals surface area contributed by atoms with E-state index in [1.54, 1.807) is 0 Å². The number of rotatable bonds is 5. The third kappa shape index (κ3) is 11.3. The molecule has 0 atom stereocenters. The molecule has 0 aliphatic carbocycles. The zero-order valence-electron chi connectivity index (χ0n) is 9.75. The van der Waals surface area contributed by atoms with E-state index in [0.717, 1.165) is 12.8 Å². The van der Waals surface area contributed by atoms with E-state index in [-0.39, 0.29) is 6.42 Å². The van der Waals surface area contributed by atoms with Gasteiger partial charge < -0.3 is 5.11 Å². The molecule has 0 aliphatic rings. The van der Waals surface area contributed by atoms with Crippen molar-refractivity contribution >= 4 is 42.6 Å². The van der Waals surface area contributed by atoms with Crippen molar-refractivity contribution in [1.29, 1.82) is 0 Å². The molecular formula is C10H12B5O2. The van der Waals surface area contributed by atoms with Crippen molar-refractivity contribution in [3.63, 3.8) is 0 Å². The predicted octanol–water partition coefficient (Wildman–Crippen LogP) is 0.190. The molecule has 1 rings (SSSR count). The molecule has 0 fully saturated rings. The average Bonchev–Trinajstić information content (AvgIpc) is 2.30. The van der Waals surface area contributed by atoms with Gasteiger partial charge in [0, 0.05) is 43.1 Å². The Bertz CT molecular complexity index is 305. The van der Waals surface area contributed by atoms with Crippen LogP contribution in [0.2, 0.25) is 0 Å². The van der Waals surface area contributed by atoms with Crippen LogP contribution in [0, 0.1) is 0 Å². The van der Waals surface area contributed by atoms with E-state index in [0.29, 0.717) is 0 Å². The first-order valence-corrected chi connectivity index (χ1v) is 5.38. The van der Waals surface area contributed by atoms with E-state index in [9.17, 15) is 4.79 Å². The summed E-state index contributed by atoms with van der Waals surface area (Å²) >= 11 is 0. The Morgan fingerprint density at radius 2 is 1.82 bits per heavy atom. The summed E-state index contributed by atoms with van der Waals surface area (Å²) in [6.45, 7) is 0. The van der Waals surface area contributed by atoms with E-state index in [4.69, 9.17) is 28.3 Å². The largest absolute Gasteiger partial charge is 0.481 e. The molecule has 0 unspecified atom stereocenters. The number of aryl methyl sites for hydroxylation is 1. The molecule has 0 spiro atoms. The van der Waals surface area contributed by atoms with Gasteiger partial charge in [0.05, 0.1) is 0 Å². The van der Waals surface area contributed by atoms with Gasteiger partial charge in [0.25, 0.3) is 0 Å². The molecule has 1 N–H and O–H groups in total. The van der Waals surface area contributed by atoms with Gasteiger partial charge in [0.1, 0.15) is 0 Å². The molecule has 79 valence electrons. The highest BCUT2D eigenvalue weighted by atomic mass is 16.4. The number of hydrogen-bond donors (Lipinski definition) is 1. The number of carbonyl (C=O) groups is 1. The third-order valence-electron chi connectivity index (χ3n) is 1.92. The van der Waals surface area contributed by atoms with Crippen molar-refractivity contribution in [3.8, 4) is 0 Å². The predicted molar refractivity (Wildman–Crippen MR) is 75.8 cm³/mol. The first kappa shape index (κ1) is 16.0. The van der Waals surface area contributed by atoms with Crippen LogP contribution in [0.3, 0.4) is 0 Å². The minimum atomic E-state index is -0.717. The zero-order chi connectivity index (χ0) is 13.1. The summed E-state index contributed by atoms with van der Waals surface area (Å²) in [7, 11) is 15.8. The van der Waals surface area contributed by atoms with Crippen molar-refractivity contribution in [2.45, 2.75) is 19.3 Å². The van der Waals surface area contributed by atoms with Gasteiger partial charge in [-0.05, 0) is 18.4 Å². The minimum absolute atomic E-state index is 0.259. The first-order chi connectivity index (χ1) is 8.06. The van der Waals surface area contributed by atoms with E-state index in [2.05, 4.69) is 0 Å². The highest BCUT2D eigenvalue weighted by Crippen LogP contribution is 2.03. The quantitative estimate of drug-likeness (QED) is 0.716. The second-order valence-electron chi connectivity index (χ2n) is 3.50. The van der Waals surface area contributed by atoms with Gasteiger partial charge in [-0.3, -0.25) is 4.79 Å². The van der Waals surface area contributed by atoms with Gasteiger partial charge in [0.15, 0.2) is 0 Å². The second-order valence-corrected chi connectivity index (χ2v) is 3.50. The van der Waals surface area contributed by atoms with Crippen LogP contribution in [-0.4, -0.2) is 47.7 Å². The van der Waals surface area contributed by atoms with Crippen LogP contribution >= 0.6 is 0 Å². The lowest BCUT2D eigenvalue weighted by Crippen LogP contribution is -2.23. The van der Waals surface area contributed by atoms with Crippen molar-refractivity contribution in [2.24, 2.45) is 0 Å². The van der Waals surface area contributed by atoms with Crippen LogP contribution in [0.15, 0.2) is 30.3 Å². The number of carboxylic acids is 1. The Balaban J connectivity index is 0.000000437. The van der Waals surface area contributed by atoms with Gasteiger partial charge >= 0.3 is 5.97 Å². The molecule has 0 saturated heterocycles. The van der Waals surface area contributed by atoms with Gasteiger partial charge in [-0.15, -0.1) is 0 Å². The minimum Gasteiger partial charge on any atom is -0.481 e. The fraction of sp³-hybridized carbons (Fsp3) is 0.300. The van der Waals surface area contributed by atoms with Gasteiger partial charge in [-0.1, -0.05) is 30.3 Å². The number of aliphatic carboxylic acids is 1. The molecule has 0 aliphatic heterocycles. The maximum atomic E-state index is 10.2. The Hall–Kier alpha value is -0.985. The molecule has 1 aromatic rings. The first-order valence-electron chi connectivity index (χ1n) is 5.38. The standard InChI is InChI=1S/C10H12O2.B5/c11-10(12)8-4-7-9-5-2-1-3-6-9;1-4-5(2)3/h1-3,5-6H,4,7-8H2,(H,11,12);. The van der Waals surface area contributed by atoms with Crippen LogP contribution in [0.25, 0.3) is 0 Å². The highest BCUT2D eigenvalue weighted by Gasteiger charge is 1.96. The lowest BCUT2D eigenvalue weighted by Gasteiger charge is -1.97. The highest BCUT2D eigenvalue weighted by molar-refractivity contribution is 7.60. The molecule has 0 bridgehead atoms. The fourth-order valence-electron chi connectivity index (χ4n) is 1.09. The van der Waals surface area contributed by atoms with Crippen molar-refractivity contribution in [2.75, 3.05) is 0 Å². The molecule has 7 heteroatoms. The smallest absolute Gasteiger partial charge is 0.303 e. The lowest BCUT2D eigenvalue weighted by atomic mass is 8.97. The second kappa shape index (κ2) is 10.2. The van der Waals surface area contributed by atoms with Crippen LogP contribution in [0.1, 0.15) is 18.4 Å². The molecule has 0 aromatic heterocycles. The van der Waals surface area contributed by atoms with Crippen LogP contribution in [0.4, 0.5) is 0 Å². The van der Waals surface area contributed by atoms with Gasteiger partial charge in [-0.25, -0.2) is 0 Å². The summed E-state index contributed by atoms with van der Waals surface area (Å²) in [5.74, 6) is -0.717. The van der Waals surface area contributed by atoms with Crippen LogP contribution in [-0.2, 0) is 11.2 Å². The van der Waals surface area contributed by atoms with Crippen LogP contribution < -0.4 is 0 Å². The summed E-state index contributed by atoms with van der Waals surface area (Å²) in [4.78, 5) is 10.2. The summed E-state index contributed by atoms with van der Waals surface area (Å²) < 4.78 is 0. The Morgan fingerprint density at radius 1 is 1.29 bits per heavy atom. The SMILES string of the molecule is O=C(O)CCCc1ccccc1.[B][B]B([B])[B]. The molecule has 0 heterocycles. The molecule has 2 nitrogen and oxygen atoms in total. The summed E-state index contributed by atoms with van der Waals surface area (Å²) in [6, 6.07) is 9.93. The lowest BCUT2D eigenvalue weighted by molar-refractivity contribution is -0.137. The van der Waals surface area contributed by atoms with Crippen LogP contribution in [0.5, 0.6) is 0 Å². The number of carboxylic acid groups (broad SMARTS) is 1. The molecule has 0 amide bonds. The topological polar surface area (TPSA) is 37.3 Å². The zero-order valence-corrected chi connectivity index (χ0v) is 9.75. The Labute approximate surface area is 108 Å². The van der Waals surface area contributed by atoms with Gasteiger partial charge in [-0.2, -0.15) is 0 Å². The monoisotopic (exact) mass is 219 g/mol. The van der Waals surface area contributed by atoms with E-state index in [1.807, 2.05) is 30.3 Å².